The van der Waals surface area contributed by atoms with Crippen molar-refractivity contribution in [1.82, 2.24) is 14.7 Å². The van der Waals surface area contributed by atoms with Crippen molar-refractivity contribution in [1.29, 1.82) is 0 Å². The van der Waals surface area contributed by atoms with Crippen LogP contribution in [0.15, 0.2) is 42.6 Å². The second-order valence-electron chi connectivity index (χ2n) is 6.70. The molecule has 1 unspecified atom stereocenters. The van der Waals surface area contributed by atoms with E-state index in [4.69, 9.17) is 4.74 Å². The van der Waals surface area contributed by atoms with Crippen LogP contribution in [0.25, 0.3) is 0 Å². The Balaban J connectivity index is 1.50. The Labute approximate surface area is 147 Å². The lowest BCUT2D eigenvalue weighted by molar-refractivity contribution is -0.128. The van der Waals surface area contributed by atoms with Gasteiger partial charge in [-0.25, -0.2) is 4.79 Å². The van der Waals surface area contributed by atoms with Gasteiger partial charge in [-0.15, -0.1) is 0 Å². The van der Waals surface area contributed by atoms with E-state index in [1.807, 2.05) is 49.1 Å². The van der Waals surface area contributed by atoms with Crippen molar-refractivity contribution in [2.24, 2.45) is 5.92 Å². The number of benzene rings is 1. The highest BCUT2D eigenvalue weighted by molar-refractivity contribution is 5.87. The molecule has 1 atom stereocenters. The number of rotatable bonds is 6. The number of aromatic nitrogens is 2. The van der Waals surface area contributed by atoms with E-state index in [0.717, 1.165) is 5.56 Å². The van der Waals surface area contributed by atoms with Gasteiger partial charge in [0.1, 0.15) is 0 Å². The number of amides is 1. The minimum atomic E-state index is -0.437. The third-order valence-corrected chi connectivity index (χ3v) is 4.31. The van der Waals surface area contributed by atoms with Crippen LogP contribution in [0.1, 0.15) is 42.4 Å². The first-order valence-electron chi connectivity index (χ1n) is 8.57. The van der Waals surface area contributed by atoms with E-state index in [2.05, 4.69) is 5.10 Å². The molecule has 6 heteroatoms. The lowest BCUT2D eigenvalue weighted by atomic mass is 10.1. The van der Waals surface area contributed by atoms with Gasteiger partial charge in [-0.2, -0.15) is 5.10 Å². The molecule has 0 bridgehead atoms. The molecule has 2 heterocycles. The Morgan fingerprint density at radius 1 is 1.28 bits per heavy atom. The van der Waals surface area contributed by atoms with Crippen LogP contribution in [0.3, 0.4) is 0 Å². The molecule has 1 amide bonds. The van der Waals surface area contributed by atoms with Gasteiger partial charge >= 0.3 is 5.97 Å². The summed E-state index contributed by atoms with van der Waals surface area (Å²) in [7, 11) is 0. The maximum Gasteiger partial charge on any atom is 0.358 e. The molecule has 1 saturated heterocycles. The van der Waals surface area contributed by atoms with Crippen molar-refractivity contribution in [3.8, 4) is 0 Å². The molecular formula is C19H23N3O3. The second kappa shape index (κ2) is 7.51. The second-order valence-corrected chi connectivity index (χ2v) is 6.70. The van der Waals surface area contributed by atoms with Crippen LogP contribution in [-0.2, 0) is 16.1 Å². The summed E-state index contributed by atoms with van der Waals surface area (Å²) in [4.78, 5) is 26.1. The van der Waals surface area contributed by atoms with E-state index in [0.29, 0.717) is 25.2 Å². The van der Waals surface area contributed by atoms with Crippen LogP contribution in [0, 0.1) is 5.92 Å². The molecule has 0 spiro atoms. The van der Waals surface area contributed by atoms with Crippen molar-refractivity contribution < 1.29 is 14.3 Å². The van der Waals surface area contributed by atoms with Gasteiger partial charge in [0.2, 0.25) is 5.91 Å². The van der Waals surface area contributed by atoms with Gasteiger partial charge in [-0.1, -0.05) is 30.3 Å². The number of hydrogen-bond acceptors (Lipinski definition) is 4. The predicted octanol–water partition coefficient (Wildman–Crippen LogP) is 2.67. The fourth-order valence-electron chi connectivity index (χ4n) is 2.92. The van der Waals surface area contributed by atoms with Crippen molar-refractivity contribution in [2.45, 2.75) is 32.9 Å². The topological polar surface area (TPSA) is 64.4 Å². The van der Waals surface area contributed by atoms with Crippen molar-refractivity contribution >= 4 is 11.9 Å². The zero-order valence-electron chi connectivity index (χ0n) is 14.6. The van der Waals surface area contributed by atoms with Gasteiger partial charge in [-0.05, 0) is 25.5 Å². The molecule has 6 nitrogen and oxygen atoms in total. The van der Waals surface area contributed by atoms with E-state index in [-0.39, 0.29) is 24.5 Å². The third kappa shape index (κ3) is 4.26. The third-order valence-electron chi connectivity index (χ3n) is 4.31. The molecule has 2 aromatic rings. The standard InChI is InChI=1S/C19H23N3O3/c1-14(2)22-9-8-17(20-22)19(24)25-13-16-10-18(23)21(12-16)11-15-6-4-3-5-7-15/h3-9,14,16H,10-13H2,1-2H3. The van der Waals surface area contributed by atoms with Crippen LogP contribution in [-0.4, -0.2) is 39.7 Å². The fourth-order valence-corrected chi connectivity index (χ4v) is 2.92. The zero-order valence-corrected chi connectivity index (χ0v) is 14.6. The summed E-state index contributed by atoms with van der Waals surface area (Å²) in [5, 5.41) is 4.21. The largest absolute Gasteiger partial charge is 0.461 e. The molecule has 1 aliphatic rings. The lowest BCUT2D eigenvalue weighted by Crippen LogP contribution is -2.25. The van der Waals surface area contributed by atoms with Gasteiger partial charge < -0.3 is 9.64 Å². The van der Waals surface area contributed by atoms with Crippen LogP contribution in [0.4, 0.5) is 0 Å². The first-order valence-corrected chi connectivity index (χ1v) is 8.57. The number of likely N-dealkylation sites (tertiary alicyclic amines) is 1. The fraction of sp³-hybridized carbons (Fsp3) is 0.421. The smallest absolute Gasteiger partial charge is 0.358 e. The predicted molar refractivity (Wildman–Crippen MR) is 92.9 cm³/mol. The number of hydrogen-bond donors (Lipinski definition) is 0. The maximum atomic E-state index is 12.2. The normalized spacial score (nSPS) is 17.3. The van der Waals surface area contributed by atoms with Gasteiger partial charge in [0.15, 0.2) is 5.69 Å². The van der Waals surface area contributed by atoms with Crippen LogP contribution < -0.4 is 0 Å². The Morgan fingerprint density at radius 3 is 2.72 bits per heavy atom. The molecule has 3 rings (SSSR count). The van der Waals surface area contributed by atoms with E-state index >= 15 is 0 Å². The highest BCUT2D eigenvalue weighted by Gasteiger charge is 2.30. The van der Waals surface area contributed by atoms with E-state index in [9.17, 15) is 9.59 Å². The molecule has 0 saturated carbocycles. The summed E-state index contributed by atoms with van der Waals surface area (Å²) < 4.78 is 7.08. The molecule has 25 heavy (non-hydrogen) atoms. The Bertz CT molecular complexity index is 739. The quantitative estimate of drug-likeness (QED) is 0.758. The number of carbonyl (C=O) groups excluding carboxylic acids is 2. The average Bonchev–Trinajstić information content (AvgIpc) is 3.21. The van der Waals surface area contributed by atoms with E-state index < -0.39 is 5.97 Å². The first-order chi connectivity index (χ1) is 12.0. The molecular weight excluding hydrogens is 318 g/mol. The summed E-state index contributed by atoms with van der Waals surface area (Å²) in [5.41, 5.74) is 1.41. The summed E-state index contributed by atoms with van der Waals surface area (Å²) >= 11 is 0. The van der Waals surface area contributed by atoms with Gasteiger partial charge in [-0.3, -0.25) is 9.48 Å². The SMILES string of the molecule is CC(C)n1ccc(C(=O)OCC2CC(=O)N(Cc3ccccc3)C2)n1. The molecule has 0 aliphatic carbocycles. The molecule has 0 radical (unpaired) electrons. The number of ether oxygens (including phenoxy) is 1. The Kier molecular flexibility index (Phi) is 5.16. The monoisotopic (exact) mass is 341 g/mol. The molecule has 132 valence electrons. The summed E-state index contributed by atoms with van der Waals surface area (Å²) in [5.74, 6) is -0.297. The maximum absolute atomic E-state index is 12.2. The minimum absolute atomic E-state index is 0.0346. The Morgan fingerprint density at radius 2 is 2.04 bits per heavy atom. The van der Waals surface area contributed by atoms with Gasteiger partial charge in [0.05, 0.1) is 6.61 Å². The Hall–Kier alpha value is -2.63. The average molecular weight is 341 g/mol. The molecule has 1 aromatic heterocycles. The van der Waals surface area contributed by atoms with Crippen molar-refractivity contribution in [3.05, 3.63) is 53.9 Å². The van der Waals surface area contributed by atoms with E-state index in [1.165, 1.54) is 0 Å². The van der Waals surface area contributed by atoms with Gasteiger partial charge in [0.25, 0.3) is 0 Å². The number of esters is 1. The van der Waals surface area contributed by atoms with Crippen LogP contribution >= 0.6 is 0 Å². The molecule has 1 fully saturated rings. The zero-order chi connectivity index (χ0) is 17.8. The van der Waals surface area contributed by atoms with Crippen LogP contribution in [0.5, 0.6) is 0 Å². The highest BCUT2D eigenvalue weighted by atomic mass is 16.5. The molecule has 0 N–H and O–H groups in total. The number of nitrogens with zero attached hydrogens (tertiary/aromatic N) is 3. The first kappa shape index (κ1) is 17.2. The highest BCUT2D eigenvalue weighted by Crippen LogP contribution is 2.21. The molecule has 1 aromatic carbocycles. The lowest BCUT2D eigenvalue weighted by Gasteiger charge is -2.16. The van der Waals surface area contributed by atoms with Crippen molar-refractivity contribution in [2.75, 3.05) is 13.2 Å². The number of carbonyl (C=O) groups is 2. The van der Waals surface area contributed by atoms with Gasteiger partial charge in [0, 0.05) is 37.7 Å². The van der Waals surface area contributed by atoms with E-state index in [1.54, 1.807) is 16.9 Å². The molecule has 1 aliphatic heterocycles. The van der Waals surface area contributed by atoms with Crippen molar-refractivity contribution in [3.63, 3.8) is 0 Å². The summed E-state index contributed by atoms with van der Waals surface area (Å²) in [6.07, 6.45) is 2.18. The minimum Gasteiger partial charge on any atom is -0.461 e. The summed E-state index contributed by atoms with van der Waals surface area (Å²) in [6, 6.07) is 11.7. The van der Waals surface area contributed by atoms with Crippen LogP contribution in [0.2, 0.25) is 0 Å². The summed E-state index contributed by atoms with van der Waals surface area (Å²) in [6.45, 7) is 5.44.